The van der Waals surface area contributed by atoms with E-state index in [1.54, 1.807) is 12.1 Å². The molecule has 0 saturated carbocycles. The number of unbranched alkanes of at least 4 members (excludes halogenated alkanes) is 2. The Balaban J connectivity index is 0.000000600. The highest BCUT2D eigenvalue weighted by atomic mass is 19.1. The summed E-state index contributed by atoms with van der Waals surface area (Å²) in [5.41, 5.74) is 8.24. The molecular weight excluding hydrogens is 519 g/mol. The maximum atomic E-state index is 12.8. The Morgan fingerprint density at radius 3 is 1.78 bits per heavy atom. The fourth-order valence-corrected chi connectivity index (χ4v) is 3.01. The minimum atomic E-state index is -0.251. The first kappa shape index (κ1) is 36.7. The normalized spacial score (nSPS) is 9.12. The number of ether oxygens (including phenoxy) is 1. The van der Waals surface area contributed by atoms with Gasteiger partial charge in [0.25, 0.3) is 0 Å². The molecule has 0 fully saturated rings. The smallest absolute Gasteiger partial charge is 0.204 e. The van der Waals surface area contributed by atoms with Crippen LogP contribution >= 0.6 is 0 Å². The third kappa shape index (κ3) is 19.4. The van der Waals surface area contributed by atoms with Crippen LogP contribution in [0.4, 0.5) is 4.39 Å². The minimum absolute atomic E-state index is 0.250. The van der Waals surface area contributed by atoms with Gasteiger partial charge in [-0.25, -0.2) is 14.1 Å². The van der Waals surface area contributed by atoms with Gasteiger partial charge in [-0.15, -0.1) is 0 Å². The predicted molar refractivity (Wildman–Crippen MR) is 164 cm³/mol. The van der Waals surface area contributed by atoms with E-state index in [0.29, 0.717) is 12.3 Å². The number of aromatic nitrogens is 3. The van der Waals surface area contributed by atoms with E-state index in [2.05, 4.69) is 86.8 Å². The summed E-state index contributed by atoms with van der Waals surface area (Å²) in [4.78, 5) is 22.0. The number of rotatable bonds is 8. The molecule has 0 aliphatic carbocycles. The molecule has 2 N–H and O–H groups in total. The van der Waals surface area contributed by atoms with Crippen molar-refractivity contribution in [1.82, 2.24) is 14.8 Å². The highest BCUT2D eigenvalue weighted by Gasteiger charge is 1.99. The van der Waals surface area contributed by atoms with Crippen LogP contribution in [0.3, 0.4) is 0 Å². The number of carbonyl (C=O) groups is 2. The van der Waals surface area contributed by atoms with E-state index in [9.17, 15) is 9.18 Å². The molecule has 1 heterocycles. The summed E-state index contributed by atoms with van der Waals surface area (Å²) in [7, 11) is 0. The van der Waals surface area contributed by atoms with Gasteiger partial charge in [0.1, 0.15) is 36.3 Å². The first-order valence-electron chi connectivity index (χ1n) is 13.8. The third-order valence-corrected chi connectivity index (χ3v) is 5.20. The average Bonchev–Trinajstić information content (AvgIpc) is 3.48. The quantitative estimate of drug-likeness (QED) is 0.175. The first-order valence-corrected chi connectivity index (χ1v) is 13.8. The Morgan fingerprint density at radius 2 is 1.37 bits per heavy atom. The molecule has 0 unspecified atom stereocenters. The molecule has 8 heteroatoms. The van der Waals surface area contributed by atoms with E-state index in [0.717, 1.165) is 18.5 Å². The topological polar surface area (TPSA) is 100 Å². The lowest BCUT2D eigenvalue weighted by Crippen LogP contribution is -1.97. The van der Waals surface area contributed by atoms with E-state index in [1.807, 2.05) is 12.1 Å². The highest BCUT2D eigenvalue weighted by molar-refractivity contribution is 5.48. The Kier molecular flexibility index (Phi) is 22.1. The fraction of sp³-hybridized carbons (Fsp3) is 0.333. The number of carbonyl (C=O) groups excluding carboxylic acids is 2. The summed E-state index contributed by atoms with van der Waals surface area (Å²) in [6.45, 7) is 11.0. The second kappa shape index (κ2) is 24.7. The Morgan fingerprint density at radius 1 is 0.854 bits per heavy atom. The van der Waals surface area contributed by atoms with Gasteiger partial charge in [0.15, 0.2) is 0 Å². The van der Waals surface area contributed by atoms with E-state index in [4.69, 9.17) is 9.53 Å². The predicted octanol–water partition coefficient (Wildman–Crippen LogP) is 7.65. The van der Waals surface area contributed by atoms with E-state index >= 15 is 0 Å². The van der Waals surface area contributed by atoms with Gasteiger partial charge in [0, 0.05) is 0 Å². The van der Waals surface area contributed by atoms with Gasteiger partial charge in [-0.05, 0) is 79.8 Å². The van der Waals surface area contributed by atoms with Gasteiger partial charge in [0.05, 0.1) is 6.54 Å². The first-order chi connectivity index (χ1) is 19.8. The molecule has 222 valence electrons. The van der Waals surface area contributed by atoms with Crippen LogP contribution in [0.25, 0.3) is 0 Å². The number of halogens is 1. The van der Waals surface area contributed by atoms with E-state index in [-0.39, 0.29) is 12.2 Å². The zero-order chi connectivity index (χ0) is 30.7. The molecule has 4 aromatic rings. The Hall–Kier alpha value is -4.33. The number of aryl methyl sites for hydroxylation is 3. The Bertz CT molecular complexity index is 1150. The lowest BCUT2D eigenvalue weighted by Gasteiger charge is -2.06. The van der Waals surface area contributed by atoms with Crippen LogP contribution in [0, 0.1) is 19.7 Å². The standard InChI is InChI=1S/C17H19FO.C8H10.C4H5N3O.C3H8.CH3NO/c1-2-3-4-5-14-6-10-16(11-7-14)19-17-12-8-15(18)9-13-17;1-7-5-3-4-6-8(7)2;8-2-1-7-4-5-3-6-7;1-3-2;2-1-3/h6-13H,2-5H2,1H3;3-6H,1-2H3;2-4H,1H2;3H2,1-2H3;1H,(H2,2,3). The van der Waals surface area contributed by atoms with Crippen molar-refractivity contribution < 1.29 is 18.7 Å². The molecule has 1 aromatic heterocycles. The summed E-state index contributed by atoms with van der Waals surface area (Å²) in [5.74, 6) is 1.18. The van der Waals surface area contributed by atoms with Crippen molar-refractivity contribution in [3.8, 4) is 11.5 Å². The maximum Gasteiger partial charge on any atom is 0.204 e. The van der Waals surface area contributed by atoms with E-state index in [1.165, 1.54) is 71.8 Å². The third-order valence-electron chi connectivity index (χ3n) is 5.20. The van der Waals surface area contributed by atoms with Gasteiger partial charge < -0.3 is 15.3 Å². The van der Waals surface area contributed by atoms with Gasteiger partial charge >= 0.3 is 0 Å². The summed E-state index contributed by atoms with van der Waals surface area (Å²) < 4.78 is 19.9. The molecule has 0 aliphatic rings. The second-order valence-electron chi connectivity index (χ2n) is 8.87. The van der Waals surface area contributed by atoms with Crippen LogP contribution < -0.4 is 10.5 Å². The molecule has 3 aromatic carbocycles. The average molecular weight is 565 g/mol. The van der Waals surface area contributed by atoms with Crippen LogP contribution in [0.1, 0.15) is 63.1 Å². The molecule has 0 bridgehead atoms. The van der Waals surface area contributed by atoms with Crippen molar-refractivity contribution in [3.63, 3.8) is 0 Å². The fourth-order valence-electron chi connectivity index (χ4n) is 3.01. The van der Waals surface area contributed by atoms with Crippen LogP contribution in [0.5, 0.6) is 11.5 Å². The second-order valence-corrected chi connectivity index (χ2v) is 8.87. The summed E-state index contributed by atoms with van der Waals surface area (Å²) in [6, 6.07) is 22.5. The number of nitrogens with two attached hydrogens (primary N) is 1. The summed E-state index contributed by atoms with van der Waals surface area (Å²) in [5, 5.41) is 3.68. The van der Waals surface area contributed by atoms with Crippen molar-refractivity contribution in [2.24, 2.45) is 5.73 Å². The molecule has 0 saturated heterocycles. The van der Waals surface area contributed by atoms with Crippen molar-refractivity contribution >= 4 is 12.7 Å². The summed E-state index contributed by atoms with van der Waals surface area (Å²) in [6.07, 6.45) is 10.0. The largest absolute Gasteiger partial charge is 0.457 e. The van der Waals surface area contributed by atoms with Crippen LogP contribution in [-0.2, 0) is 22.6 Å². The number of amides is 1. The van der Waals surface area contributed by atoms with Crippen molar-refractivity contribution in [2.45, 2.75) is 73.3 Å². The molecule has 1 amide bonds. The molecule has 41 heavy (non-hydrogen) atoms. The Labute approximate surface area is 244 Å². The van der Waals surface area contributed by atoms with Gasteiger partial charge in [0.2, 0.25) is 6.41 Å². The highest BCUT2D eigenvalue weighted by Crippen LogP contribution is 2.22. The molecule has 0 radical (unpaired) electrons. The van der Waals surface area contributed by atoms with Crippen molar-refractivity contribution in [3.05, 3.63) is 108 Å². The van der Waals surface area contributed by atoms with Crippen LogP contribution in [0.15, 0.2) is 85.5 Å². The van der Waals surface area contributed by atoms with Crippen LogP contribution in [-0.4, -0.2) is 27.5 Å². The molecule has 0 spiro atoms. The molecule has 7 nitrogen and oxygen atoms in total. The maximum absolute atomic E-state index is 12.8. The number of hydrogen-bond acceptors (Lipinski definition) is 5. The van der Waals surface area contributed by atoms with E-state index < -0.39 is 0 Å². The molecular formula is C33H45FN4O3. The zero-order valence-corrected chi connectivity index (χ0v) is 25.0. The zero-order valence-electron chi connectivity index (χ0n) is 25.0. The SMILES string of the molecule is CCC.CCCCCc1ccc(Oc2ccc(F)cc2)cc1.Cc1ccccc1C.NC=O.O=CCn1cncn1. The van der Waals surface area contributed by atoms with Crippen molar-refractivity contribution in [1.29, 1.82) is 0 Å². The van der Waals surface area contributed by atoms with Crippen molar-refractivity contribution in [2.75, 3.05) is 0 Å². The number of aldehydes is 1. The molecule has 0 atom stereocenters. The number of benzene rings is 3. The lowest BCUT2D eigenvalue weighted by atomic mass is 10.1. The van der Waals surface area contributed by atoms with Crippen LogP contribution in [0.2, 0.25) is 0 Å². The number of primary amides is 1. The molecule has 0 aliphatic heterocycles. The monoisotopic (exact) mass is 564 g/mol. The minimum Gasteiger partial charge on any atom is -0.457 e. The van der Waals surface area contributed by atoms with Gasteiger partial charge in [-0.1, -0.05) is 76.4 Å². The number of hydrogen-bond donors (Lipinski definition) is 1. The number of nitrogens with zero attached hydrogens (tertiary/aromatic N) is 3. The lowest BCUT2D eigenvalue weighted by molar-refractivity contribution is -0.108. The summed E-state index contributed by atoms with van der Waals surface area (Å²) >= 11 is 0. The molecule has 4 rings (SSSR count). The van der Waals surface area contributed by atoms with Gasteiger partial charge in [-0.3, -0.25) is 4.79 Å². The van der Waals surface area contributed by atoms with Gasteiger partial charge in [-0.2, -0.15) is 5.10 Å².